The van der Waals surface area contributed by atoms with Gasteiger partial charge in [-0.25, -0.2) is 19.7 Å². The second-order valence-corrected chi connectivity index (χ2v) is 6.66. The number of carbonyl (C=O) groups is 1. The fourth-order valence-corrected chi connectivity index (χ4v) is 3.30. The normalized spacial score (nSPS) is 10.7. The maximum atomic E-state index is 11.9. The molecule has 30 heavy (non-hydrogen) atoms. The third-order valence-corrected chi connectivity index (χ3v) is 4.75. The molecule has 150 valence electrons. The van der Waals surface area contributed by atoms with E-state index in [2.05, 4.69) is 9.97 Å². The number of aromatic nitrogens is 3. The fraction of sp³-hybridized carbons (Fsp3) is 0.130. The smallest absolute Gasteiger partial charge is 0.341 e. The summed E-state index contributed by atoms with van der Waals surface area (Å²) in [4.78, 5) is 25.5. The van der Waals surface area contributed by atoms with Gasteiger partial charge in [-0.05, 0) is 29.8 Å². The van der Waals surface area contributed by atoms with Gasteiger partial charge in [0.15, 0.2) is 0 Å². The molecule has 2 aromatic heterocycles. The van der Waals surface area contributed by atoms with E-state index in [0.29, 0.717) is 34.5 Å². The predicted molar refractivity (Wildman–Crippen MR) is 114 cm³/mol. The van der Waals surface area contributed by atoms with Crippen LogP contribution in [0.2, 0.25) is 0 Å². The number of rotatable bonds is 5. The minimum absolute atomic E-state index is 0.215. The highest BCUT2D eigenvalue weighted by molar-refractivity contribution is 5.93. The molecule has 0 aliphatic heterocycles. The van der Waals surface area contributed by atoms with Gasteiger partial charge in [-0.3, -0.25) is 0 Å². The second kappa shape index (κ2) is 8.16. The number of nitrogens with zero attached hydrogens (tertiary/aromatic N) is 3. The van der Waals surface area contributed by atoms with Crippen LogP contribution in [0.4, 0.5) is 5.95 Å². The van der Waals surface area contributed by atoms with E-state index in [1.807, 2.05) is 42.5 Å². The van der Waals surface area contributed by atoms with Crippen molar-refractivity contribution in [3.63, 3.8) is 0 Å². The van der Waals surface area contributed by atoms with E-state index in [4.69, 9.17) is 20.2 Å². The lowest BCUT2D eigenvalue weighted by atomic mass is 10.1. The number of hydrogen-bond acceptors (Lipinski definition) is 7. The van der Waals surface area contributed by atoms with Gasteiger partial charge in [-0.1, -0.05) is 36.4 Å². The summed E-state index contributed by atoms with van der Waals surface area (Å²) in [5.74, 6) is 0.172. The minimum atomic E-state index is -0.459. The number of fused-ring (bicyclic) bond motifs is 1. The number of carbonyl (C=O) groups excluding carboxylic acids is 1. The molecule has 0 saturated heterocycles. The van der Waals surface area contributed by atoms with Gasteiger partial charge in [-0.2, -0.15) is 0 Å². The van der Waals surface area contributed by atoms with Crippen molar-refractivity contribution in [2.24, 2.45) is 0 Å². The van der Waals surface area contributed by atoms with E-state index in [9.17, 15) is 4.79 Å². The first kappa shape index (κ1) is 19.3. The van der Waals surface area contributed by atoms with Gasteiger partial charge in [0.25, 0.3) is 0 Å². The summed E-state index contributed by atoms with van der Waals surface area (Å²) in [6, 6.07) is 18.9. The molecule has 4 aromatic rings. The lowest BCUT2D eigenvalue weighted by Crippen LogP contribution is -2.05. The third kappa shape index (κ3) is 3.77. The first-order valence-electron chi connectivity index (χ1n) is 9.33. The van der Waals surface area contributed by atoms with Crippen LogP contribution in [-0.4, -0.2) is 35.1 Å². The minimum Gasteiger partial charge on any atom is -0.496 e. The van der Waals surface area contributed by atoms with Crippen LogP contribution >= 0.6 is 0 Å². The van der Waals surface area contributed by atoms with Crippen molar-refractivity contribution in [2.45, 2.75) is 6.42 Å². The molecule has 0 amide bonds. The molecule has 2 N–H and O–H groups in total. The van der Waals surface area contributed by atoms with Gasteiger partial charge >= 0.3 is 5.97 Å². The van der Waals surface area contributed by atoms with Crippen LogP contribution in [0.3, 0.4) is 0 Å². The highest BCUT2D eigenvalue weighted by Gasteiger charge is 2.15. The van der Waals surface area contributed by atoms with E-state index in [-0.39, 0.29) is 5.95 Å². The Morgan fingerprint density at radius 3 is 2.50 bits per heavy atom. The van der Waals surface area contributed by atoms with Crippen LogP contribution in [0.25, 0.3) is 22.3 Å². The first-order valence-corrected chi connectivity index (χ1v) is 9.33. The van der Waals surface area contributed by atoms with Gasteiger partial charge in [0.2, 0.25) is 5.95 Å². The molecule has 0 fully saturated rings. The Hall–Kier alpha value is -4.00. The molecular weight excluding hydrogens is 380 g/mol. The van der Waals surface area contributed by atoms with E-state index in [0.717, 1.165) is 16.8 Å². The Morgan fingerprint density at radius 2 is 1.77 bits per heavy atom. The zero-order valence-corrected chi connectivity index (χ0v) is 16.6. The predicted octanol–water partition coefficient (Wildman–Crippen LogP) is 3.66. The second-order valence-electron chi connectivity index (χ2n) is 6.66. The van der Waals surface area contributed by atoms with E-state index < -0.39 is 5.97 Å². The lowest BCUT2D eigenvalue weighted by molar-refractivity contribution is 0.0597. The molecule has 0 aliphatic rings. The standard InChI is InChI=1S/C23H20N4O3/c1-29-20-13-15(8-9-16(20)22(28)30-2)17-10-11-18-21(25-17)19(27-23(24)26-18)12-14-6-4-3-5-7-14/h3-11,13H,12H2,1-2H3,(H2,24,26,27). The molecule has 0 unspecified atom stereocenters. The average Bonchev–Trinajstić information content (AvgIpc) is 2.78. The summed E-state index contributed by atoms with van der Waals surface area (Å²) in [6.45, 7) is 0. The van der Waals surface area contributed by atoms with E-state index in [1.54, 1.807) is 18.2 Å². The molecule has 7 heteroatoms. The third-order valence-electron chi connectivity index (χ3n) is 4.75. The molecule has 0 spiro atoms. The summed E-state index contributed by atoms with van der Waals surface area (Å²) in [5, 5.41) is 0. The number of pyridine rings is 1. The molecule has 2 heterocycles. The van der Waals surface area contributed by atoms with Crippen LogP contribution in [0.5, 0.6) is 5.75 Å². The highest BCUT2D eigenvalue weighted by Crippen LogP contribution is 2.29. The first-order chi connectivity index (χ1) is 14.6. The lowest BCUT2D eigenvalue weighted by Gasteiger charge is -2.11. The van der Waals surface area contributed by atoms with Gasteiger partial charge < -0.3 is 15.2 Å². The number of hydrogen-bond donors (Lipinski definition) is 1. The Morgan fingerprint density at radius 1 is 0.967 bits per heavy atom. The Bertz CT molecular complexity index is 1230. The van der Waals surface area contributed by atoms with Crippen molar-refractivity contribution < 1.29 is 14.3 Å². The average molecular weight is 400 g/mol. The van der Waals surface area contributed by atoms with Gasteiger partial charge in [0.05, 0.1) is 31.1 Å². The summed E-state index contributed by atoms with van der Waals surface area (Å²) >= 11 is 0. The zero-order chi connectivity index (χ0) is 21.1. The molecular formula is C23H20N4O3. The summed E-state index contributed by atoms with van der Waals surface area (Å²) in [5.41, 5.74) is 11.0. The van der Waals surface area contributed by atoms with Crippen LogP contribution < -0.4 is 10.5 Å². The Balaban J connectivity index is 1.80. The van der Waals surface area contributed by atoms with Crippen molar-refractivity contribution in [1.82, 2.24) is 15.0 Å². The van der Waals surface area contributed by atoms with Crippen molar-refractivity contribution in [3.05, 3.63) is 77.5 Å². The molecule has 7 nitrogen and oxygen atoms in total. The quantitative estimate of drug-likeness (QED) is 0.510. The van der Waals surface area contributed by atoms with Crippen molar-refractivity contribution in [1.29, 1.82) is 0 Å². The topological polar surface area (TPSA) is 100 Å². The molecule has 0 bridgehead atoms. The van der Waals surface area contributed by atoms with Crippen LogP contribution in [0.15, 0.2) is 60.7 Å². The van der Waals surface area contributed by atoms with Crippen LogP contribution in [0, 0.1) is 0 Å². The molecule has 2 aromatic carbocycles. The largest absolute Gasteiger partial charge is 0.496 e. The SMILES string of the molecule is COC(=O)c1ccc(-c2ccc3nc(N)nc(Cc4ccccc4)c3n2)cc1OC. The monoisotopic (exact) mass is 400 g/mol. The van der Waals surface area contributed by atoms with Crippen molar-refractivity contribution in [2.75, 3.05) is 20.0 Å². The maximum Gasteiger partial charge on any atom is 0.341 e. The fourth-order valence-electron chi connectivity index (χ4n) is 3.30. The Labute approximate surface area is 173 Å². The maximum absolute atomic E-state index is 11.9. The molecule has 4 rings (SSSR count). The number of benzene rings is 2. The van der Waals surface area contributed by atoms with Crippen molar-refractivity contribution >= 4 is 23.0 Å². The number of ether oxygens (including phenoxy) is 2. The molecule has 0 saturated carbocycles. The summed E-state index contributed by atoms with van der Waals surface area (Å²) < 4.78 is 10.2. The number of nitrogens with two attached hydrogens (primary N) is 1. The summed E-state index contributed by atoms with van der Waals surface area (Å²) in [6.07, 6.45) is 0.588. The zero-order valence-electron chi connectivity index (χ0n) is 16.6. The number of nitrogen functional groups attached to an aromatic ring is 1. The van der Waals surface area contributed by atoms with Gasteiger partial charge in [0, 0.05) is 12.0 Å². The van der Waals surface area contributed by atoms with E-state index >= 15 is 0 Å². The summed E-state index contributed by atoms with van der Waals surface area (Å²) in [7, 11) is 2.84. The van der Waals surface area contributed by atoms with Gasteiger partial charge in [-0.15, -0.1) is 0 Å². The van der Waals surface area contributed by atoms with Crippen LogP contribution in [0.1, 0.15) is 21.6 Å². The Kier molecular flexibility index (Phi) is 5.26. The molecule has 0 aliphatic carbocycles. The van der Waals surface area contributed by atoms with Crippen LogP contribution in [-0.2, 0) is 11.2 Å². The van der Waals surface area contributed by atoms with Crippen molar-refractivity contribution in [3.8, 4) is 17.0 Å². The number of anilines is 1. The number of esters is 1. The highest BCUT2D eigenvalue weighted by atomic mass is 16.5. The van der Waals surface area contributed by atoms with E-state index in [1.165, 1.54) is 14.2 Å². The number of methoxy groups -OCH3 is 2. The molecule has 0 radical (unpaired) electrons. The van der Waals surface area contributed by atoms with Gasteiger partial charge in [0.1, 0.15) is 16.8 Å². The molecule has 0 atom stereocenters.